The number of imide groups is 1. The SMILES string of the molecule is CCCC[C@H]1[C@H]2C(=O)N(c3ccccc3)C(=O)[C@@H]2ON1c1ccccc1. The summed E-state index contributed by atoms with van der Waals surface area (Å²) in [5.41, 5.74) is 1.50. The number of fused-ring (bicyclic) bond motifs is 1. The summed E-state index contributed by atoms with van der Waals surface area (Å²) in [7, 11) is 0. The van der Waals surface area contributed by atoms with E-state index in [1.165, 1.54) is 4.90 Å². The highest BCUT2D eigenvalue weighted by Gasteiger charge is 2.59. The molecule has 2 aromatic carbocycles. The van der Waals surface area contributed by atoms with Crippen molar-refractivity contribution in [3.8, 4) is 0 Å². The molecule has 5 heteroatoms. The molecule has 2 aliphatic rings. The highest BCUT2D eigenvalue weighted by atomic mass is 16.7. The Bertz CT molecular complexity index is 793. The van der Waals surface area contributed by atoms with Crippen molar-refractivity contribution in [1.82, 2.24) is 0 Å². The maximum absolute atomic E-state index is 13.1. The third kappa shape index (κ3) is 2.69. The summed E-state index contributed by atoms with van der Waals surface area (Å²) < 4.78 is 0. The highest BCUT2D eigenvalue weighted by Crippen LogP contribution is 2.41. The van der Waals surface area contributed by atoms with Crippen molar-refractivity contribution >= 4 is 23.2 Å². The number of benzene rings is 2. The van der Waals surface area contributed by atoms with Gasteiger partial charge in [-0.2, -0.15) is 0 Å². The van der Waals surface area contributed by atoms with Gasteiger partial charge >= 0.3 is 0 Å². The van der Waals surface area contributed by atoms with E-state index in [9.17, 15) is 9.59 Å². The van der Waals surface area contributed by atoms with E-state index in [1.54, 1.807) is 17.2 Å². The van der Waals surface area contributed by atoms with Gasteiger partial charge in [-0.05, 0) is 30.7 Å². The Morgan fingerprint density at radius 1 is 0.885 bits per heavy atom. The molecule has 4 rings (SSSR count). The first-order valence-electron chi connectivity index (χ1n) is 9.16. The van der Waals surface area contributed by atoms with E-state index in [0.29, 0.717) is 5.69 Å². The predicted molar refractivity (Wildman–Crippen MR) is 99.5 cm³/mol. The van der Waals surface area contributed by atoms with Crippen LogP contribution < -0.4 is 9.96 Å². The lowest BCUT2D eigenvalue weighted by Gasteiger charge is -2.28. The standard InChI is InChI=1S/C21H22N2O3/c1-2-3-14-17-18-19(26-23(17)16-12-8-5-9-13-16)21(25)22(20(18)24)15-10-6-4-7-11-15/h4-13,17-19H,2-3,14H2,1H3/t17-,18+,19+/m0/s1. The van der Waals surface area contributed by atoms with Crippen LogP contribution in [0, 0.1) is 5.92 Å². The molecular weight excluding hydrogens is 328 g/mol. The largest absolute Gasteiger partial charge is 0.273 e. The van der Waals surface area contributed by atoms with E-state index in [4.69, 9.17) is 4.84 Å². The molecule has 2 fully saturated rings. The normalized spacial score (nSPS) is 25.0. The van der Waals surface area contributed by atoms with Gasteiger partial charge < -0.3 is 0 Å². The van der Waals surface area contributed by atoms with Crippen molar-refractivity contribution in [2.24, 2.45) is 5.92 Å². The fraction of sp³-hybridized carbons (Fsp3) is 0.333. The second-order valence-electron chi connectivity index (χ2n) is 6.77. The van der Waals surface area contributed by atoms with Crippen LogP contribution in [0.25, 0.3) is 0 Å². The molecule has 0 saturated carbocycles. The molecule has 0 N–H and O–H groups in total. The van der Waals surface area contributed by atoms with Gasteiger partial charge in [0.15, 0.2) is 6.10 Å². The Labute approximate surface area is 153 Å². The van der Waals surface area contributed by atoms with Crippen LogP contribution in [0.15, 0.2) is 60.7 Å². The summed E-state index contributed by atoms with van der Waals surface area (Å²) in [4.78, 5) is 33.4. The summed E-state index contributed by atoms with van der Waals surface area (Å²) in [6.45, 7) is 2.12. The summed E-state index contributed by atoms with van der Waals surface area (Å²) in [6.07, 6.45) is 2.08. The Hall–Kier alpha value is -2.66. The van der Waals surface area contributed by atoms with E-state index >= 15 is 0 Å². The number of para-hydroxylation sites is 2. The van der Waals surface area contributed by atoms with Gasteiger partial charge in [-0.25, -0.2) is 9.96 Å². The zero-order valence-electron chi connectivity index (χ0n) is 14.7. The highest BCUT2D eigenvalue weighted by molar-refractivity contribution is 6.23. The van der Waals surface area contributed by atoms with Crippen molar-refractivity contribution in [3.05, 3.63) is 60.7 Å². The molecular formula is C21H22N2O3. The van der Waals surface area contributed by atoms with Crippen LogP contribution in [0.2, 0.25) is 0 Å². The van der Waals surface area contributed by atoms with Crippen LogP contribution in [0.1, 0.15) is 26.2 Å². The number of hydrogen-bond acceptors (Lipinski definition) is 4. The minimum Gasteiger partial charge on any atom is -0.273 e. The van der Waals surface area contributed by atoms with Gasteiger partial charge in [-0.15, -0.1) is 0 Å². The lowest BCUT2D eigenvalue weighted by molar-refractivity contribution is -0.126. The van der Waals surface area contributed by atoms with Crippen molar-refractivity contribution < 1.29 is 14.4 Å². The Morgan fingerprint density at radius 3 is 2.12 bits per heavy atom. The van der Waals surface area contributed by atoms with Crippen LogP contribution in [0.5, 0.6) is 0 Å². The molecule has 3 atom stereocenters. The molecule has 2 saturated heterocycles. The van der Waals surface area contributed by atoms with E-state index < -0.39 is 12.0 Å². The molecule has 2 aliphatic heterocycles. The number of carbonyl (C=O) groups excluding carboxylic acids is 2. The lowest BCUT2D eigenvalue weighted by Crippen LogP contribution is -2.40. The quantitative estimate of drug-likeness (QED) is 0.774. The molecule has 5 nitrogen and oxygen atoms in total. The summed E-state index contributed by atoms with van der Waals surface area (Å²) in [5, 5.41) is 1.78. The maximum Gasteiger partial charge on any atom is 0.266 e. The fourth-order valence-electron chi connectivity index (χ4n) is 3.86. The first kappa shape index (κ1) is 16.8. The Morgan fingerprint density at radius 2 is 1.50 bits per heavy atom. The van der Waals surface area contributed by atoms with Crippen molar-refractivity contribution in [1.29, 1.82) is 0 Å². The van der Waals surface area contributed by atoms with Crippen molar-refractivity contribution in [2.75, 3.05) is 9.96 Å². The van der Waals surface area contributed by atoms with Crippen LogP contribution >= 0.6 is 0 Å². The van der Waals surface area contributed by atoms with Gasteiger partial charge in [0.05, 0.1) is 23.3 Å². The van der Waals surface area contributed by atoms with Gasteiger partial charge in [0.25, 0.3) is 5.91 Å². The van der Waals surface area contributed by atoms with Crippen LogP contribution in [0.4, 0.5) is 11.4 Å². The van der Waals surface area contributed by atoms with E-state index in [-0.39, 0.29) is 17.9 Å². The van der Waals surface area contributed by atoms with Crippen LogP contribution in [0.3, 0.4) is 0 Å². The van der Waals surface area contributed by atoms with Gasteiger partial charge in [0.2, 0.25) is 5.91 Å². The number of nitrogens with zero attached hydrogens (tertiary/aromatic N) is 2. The zero-order chi connectivity index (χ0) is 18.1. The molecule has 2 heterocycles. The molecule has 0 bridgehead atoms. The molecule has 0 spiro atoms. The molecule has 0 unspecified atom stereocenters. The maximum atomic E-state index is 13.1. The van der Waals surface area contributed by atoms with E-state index in [1.807, 2.05) is 48.5 Å². The average molecular weight is 350 g/mol. The second-order valence-corrected chi connectivity index (χ2v) is 6.77. The first-order valence-corrected chi connectivity index (χ1v) is 9.16. The fourth-order valence-corrected chi connectivity index (χ4v) is 3.86. The monoisotopic (exact) mass is 350 g/mol. The number of hydroxylamine groups is 1. The summed E-state index contributed by atoms with van der Waals surface area (Å²) >= 11 is 0. The minimum absolute atomic E-state index is 0.132. The molecule has 2 amide bonds. The summed E-state index contributed by atoms with van der Waals surface area (Å²) in [5.74, 6) is -0.897. The minimum atomic E-state index is -0.746. The lowest BCUT2D eigenvalue weighted by atomic mass is 9.92. The van der Waals surface area contributed by atoms with E-state index in [2.05, 4.69) is 6.92 Å². The number of unbranched alkanes of at least 4 members (excludes halogenated alkanes) is 1. The molecule has 0 aromatic heterocycles. The number of rotatable bonds is 5. The number of carbonyl (C=O) groups is 2. The smallest absolute Gasteiger partial charge is 0.266 e. The third-order valence-electron chi connectivity index (χ3n) is 5.12. The van der Waals surface area contributed by atoms with Crippen LogP contribution in [-0.4, -0.2) is 24.0 Å². The van der Waals surface area contributed by atoms with Crippen LogP contribution in [-0.2, 0) is 14.4 Å². The van der Waals surface area contributed by atoms with Gasteiger partial charge in [0, 0.05) is 0 Å². The second kappa shape index (κ2) is 6.92. The number of amides is 2. The molecule has 2 aromatic rings. The van der Waals surface area contributed by atoms with Crippen molar-refractivity contribution in [3.63, 3.8) is 0 Å². The predicted octanol–water partition coefficient (Wildman–Crippen LogP) is 3.56. The molecule has 0 radical (unpaired) electrons. The molecule has 0 aliphatic carbocycles. The van der Waals surface area contributed by atoms with Crippen molar-refractivity contribution in [2.45, 2.75) is 38.3 Å². The molecule has 26 heavy (non-hydrogen) atoms. The van der Waals surface area contributed by atoms with Gasteiger partial charge in [-0.3, -0.25) is 14.4 Å². The summed E-state index contributed by atoms with van der Waals surface area (Å²) in [6, 6.07) is 18.7. The Balaban J connectivity index is 1.67. The Kier molecular flexibility index (Phi) is 4.47. The zero-order valence-corrected chi connectivity index (χ0v) is 14.7. The number of hydrogen-bond donors (Lipinski definition) is 0. The van der Waals surface area contributed by atoms with E-state index in [0.717, 1.165) is 24.9 Å². The topological polar surface area (TPSA) is 49.9 Å². The van der Waals surface area contributed by atoms with Gasteiger partial charge in [0.1, 0.15) is 0 Å². The molecule has 134 valence electrons. The average Bonchev–Trinajstić information content (AvgIpc) is 3.17. The third-order valence-corrected chi connectivity index (χ3v) is 5.12. The number of anilines is 2. The first-order chi connectivity index (χ1) is 12.7. The van der Waals surface area contributed by atoms with Gasteiger partial charge in [-0.1, -0.05) is 56.2 Å².